The normalized spacial score (nSPS) is 41.3. The van der Waals surface area contributed by atoms with Crippen molar-refractivity contribution in [1.29, 1.82) is 0 Å². The fourth-order valence-corrected chi connectivity index (χ4v) is 13.4. The van der Waals surface area contributed by atoms with Crippen LogP contribution in [0.2, 0.25) is 0 Å². The predicted octanol–water partition coefficient (Wildman–Crippen LogP) is 9.63. The van der Waals surface area contributed by atoms with Crippen molar-refractivity contribution in [2.45, 2.75) is 145 Å². The fraction of sp³-hybridized carbons (Fsp3) is 0.786. The summed E-state index contributed by atoms with van der Waals surface area (Å²) in [5, 5.41) is 9.00. The summed E-state index contributed by atoms with van der Waals surface area (Å²) >= 11 is 0. The van der Waals surface area contributed by atoms with Gasteiger partial charge in [-0.15, -0.1) is 0 Å². The van der Waals surface area contributed by atoms with E-state index >= 15 is 0 Å². The van der Waals surface area contributed by atoms with Gasteiger partial charge in [0.25, 0.3) is 0 Å². The van der Waals surface area contributed by atoms with Gasteiger partial charge in [-0.3, -0.25) is 14.4 Å². The summed E-state index contributed by atoms with van der Waals surface area (Å²) < 4.78 is 12.4. The first kappa shape index (κ1) is 35.5. The monoisotopic (exact) mass is 662 g/mol. The molecule has 0 radical (unpaired) electrons. The number of carbonyl (C=O) groups is 3. The number of carboxylic acid groups (broad SMARTS) is 1. The summed E-state index contributed by atoms with van der Waals surface area (Å²) in [5.74, 6) is 1.96. The van der Waals surface area contributed by atoms with E-state index in [-0.39, 0.29) is 58.0 Å². The Morgan fingerprint density at radius 1 is 0.812 bits per heavy atom. The number of aliphatic carboxylic acids is 1. The lowest BCUT2D eigenvalue weighted by Gasteiger charge is -2.72. The van der Waals surface area contributed by atoms with Gasteiger partial charge in [0.15, 0.2) is 0 Å². The van der Waals surface area contributed by atoms with Crippen LogP contribution in [0.15, 0.2) is 30.3 Å². The number of hydrogen-bond donors (Lipinski definition) is 1. The minimum Gasteiger partial charge on any atom is -0.481 e. The zero-order chi connectivity index (χ0) is 34.7. The van der Waals surface area contributed by atoms with Crippen LogP contribution in [0.4, 0.5) is 0 Å². The lowest BCUT2D eigenvalue weighted by Crippen LogP contribution is -2.67. The SMILES string of the molecule is CC(C)[C@@H]1CC[C@]2(C(=O)OCc3ccccc3)CC[C@]3(C)[C@H](CC[C@@H]4[C@@]5(C)CC[C@H](OC(=O)CCCC(=O)O)C(C)(C)[C@@H]5CC[C@]43C)[C@@H]12. The van der Waals surface area contributed by atoms with Crippen molar-refractivity contribution in [3.05, 3.63) is 35.9 Å². The van der Waals surface area contributed by atoms with E-state index in [1.807, 2.05) is 30.3 Å². The summed E-state index contributed by atoms with van der Waals surface area (Å²) in [6.45, 7) is 17.6. The van der Waals surface area contributed by atoms with Crippen molar-refractivity contribution in [3.63, 3.8) is 0 Å². The Hall–Kier alpha value is -2.37. The number of carbonyl (C=O) groups excluding carboxylic acids is 2. The van der Waals surface area contributed by atoms with Gasteiger partial charge < -0.3 is 14.6 Å². The molecule has 5 saturated carbocycles. The first-order valence-corrected chi connectivity index (χ1v) is 19.2. The van der Waals surface area contributed by atoms with Crippen molar-refractivity contribution in [2.75, 3.05) is 0 Å². The third-order valence-electron chi connectivity index (χ3n) is 15.9. The summed E-state index contributed by atoms with van der Waals surface area (Å²) in [7, 11) is 0. The minimum absolute atomic E-state index is 0.00134. The third-order valence-corrected chi connectivity index (χ3v) is 15.9. The number of benzene rings is 1. The molecule has 1 N–H and O–H groups in total. The maximum atomic E-state index is 14.3. The molecule has 48 heavy (non-hydrogen) atoms. The van der Waals surface area contributed by atoms with Crippen LogP contribution < -0.4 is 0 Å². The topological polar surface area (TPSA) is 89.9 Å². The van der Waals surface area contributed by atoms with Gasteiger partial charge in [-0.1, -0.05) is 78.8 Å². The Labute approximate surface area is 289 Å². The lowest BCUT2D eigenvalue weighted by atomic mass is 9.32. The lowest BCUT2D eigenvalue weighted by molar-refractivity contribution is -0.252. The van der Waals surface area contributed by atoms with Crippen LogP contribution in [0.25, 0.3) is 0 Å². The first-order valence-electron chi connectivity index (χ1n) is 19.2. The Morgan fingerprint density at radius 2 is 1.54 bits per heavy atom. The zero-order valence-corrected chi connectivity index (χ0v) is 30.8. The number of fused-ring (bicyclic) bond motifs is 7. The molecule has 0 unspecified atom stereocenters. The number of rotatable bonds is 9. The maximum Gasteiger partial charge on any atom is 0.312 e. The van der Waals surface area contributed by atoms with Crippen LogP contribution in [0.1, 0.15) is 138 Å². The van der Waals surface area contributed by atoms with Crippen LogP contribution in [0.3, 0.4) is 0 Å². The number of ether oxygens (including phenoxy) is 2. The quantitative estimate of drug-likeness (QED) is 0.265. The van der Waals surface area contributed by atoms with Crippen molar-refractivity contribution >= 4 is 17.9 Å². The Bertz CT molecular complexity index is 1370. The number of esters is 2. The predicted molar refractivity (Wildman–Crippen MR) is 187 cm³/mol. The summed E-state index contributed by atoms with van der Waals surface area (Å²) in [6, 6.07) is 10.1. The number of carboxylic acids is 1. The van der Waals surface area contributed by atoms with Gasteiger partial charge in [0.1, 0.15) is 12.7 Å². The maximum absolute atomic E-state index is 14.3. The molecule has 5 aliphatic rings. The van der Waals surface area contributed by atoms with E-state index in [0.717, 1.165) is 50.5 Å². The van der Waals surface area contributed by atoms with Gasteiger partial charge in [0.2, 0.25) is 0 Å². The standard InChI is InChI=1S/C42H62O6/c1-27(2)29-18-23-42(37(46)47-26-28-12-9-8-10-13-28)25-24-40(6)30(36(29)42)16-17-32-39(5)21-20-33(48-35(45)15-11-14-34(43)44)38(3,4)31(39)19-22-41(32,40)7/h8-10,12-13,27,29-33,36H,11,14-26H2,1-7H3,(H,43,44)/t29-,30+,31-,32+,33-,36+,39-,40+,41+,42-/m0/s1. The van der Waals surface area contributed by atoms with Crippen molar-refractivity contribution < 1.29 is 29.0 Å². The fourth-order valence-electron chi connectivity index (χ4n) is 13.4. The molecule has 10 atom stereocenters. The van der Waals surface area contributed by atoms with Gasteiger partial charge in [-0.25, -0.2) is 0 Å². The molecule has 0 aliphatic heterocycles. The van der Waals surface area contributed by atoms with Crippen LogP contribution in [0.5, 0.6) is 0 Å². The van der Waals surface area contributed by atoms with E-state index in [1.54, 1.807) is 0 Å². The molecule has 0 bridgehead atoms. The molecule has 0 heterocycles. The highest BCUT2D eigenvalue weighted by molar-refractivity contribution is 5.78. The van der Waals surface area contributed by atoms with E-state index in [1.165, 1.54) is 19.3 Å². The highest BCUT2D eigenvalue weighted by atomic mass is 16.5. The third kappa shape index (κ3) is 5.54. The minimum atomic E-state index is -0.871. The van der Waals surface area contributed by atoms with Gasteiger partial charge in [0.05, 0.1) is 5.41 Å². The van der Waals surface area contributed by atoms with E-state index < -0.39 is 5.97 Å². The second-order valence-electron chi connectivity index (χ2n) is 18.4. The molecule has 0 amide bonds. The van der Waals surface area contributed by atoms with E-state index in [9.17, 15) is 14.4 Å². The second-order valence-corrected chi connectivity index (χ2v) is 18.4. The van der Waals surface area contributed by atoms with Gasteiger partial charge >= 0.3 is 17.9 Å². The van der Waals surface area contributed by atoms with Crippen molar-refractivity contribution in [3.8, 4) is 0 Å². The van der Waals surface area contributed by atoms with Crippen molar-refractivity contribution in [1.82, 2.24) is 0 Å². The van der Waals surface area contributed by atoms with Crippen LogP contribution in [0, 0.1) is 62.6 Å². The second kappa shape index (κ2) is 12.7. The molecule has 266 valence electrons. The highest BCUT2D eigenvalue weighted by Gasteiger charge is 2.72. The molecule has 6 nitrogen and oxygen atoms in total. The molecular formula is C42H62O6. The Balaban J connectivity index is 1.24. The highest BCUT2D eigenvalue weighted by Crippen LogP contribution is 2.77. The molecule has 0 spiro atoms. The molecule has 1 aromatic rings. The molecule has 1 aromatic carbocycles. The molecule has 0 aromatic heterocycles. The molecule has 6 heteroatoms. The zero-order valence-electron chi connectivity index (χ0n) is 30.8. The largest absolute Gasteiger partial charge is 0.481 e. The summed E-state index contributed by atoms with van der Waals surface area (Å²) in [6.07, 6.45) is 11.1. The Kier molecular flexibility index (Phi) is 9.42. The molecule has 5 fully saturated rings. The van der Waals surface area contributed by atoms with E-state index in [0.29, 0.717) is 48.5 Å². The Morgan fingerprint density at radius 3 is 2.23 bits per heavy atom. The molecular weight excluding hydrogens is 600 g/mol. The molecule has 6 rings (SSSR count). The van der Waals surface area contributed by atoms with Crippen LogP contribution in [-0.2, 0) is 30.5 Å². The van der Waals surface area contributed by atoms with Crippen molar-refractivity contribution in [2.24, 2.45) is 62.6 Å². The van der Waals surface area contributed by atoms with Crippen LogP contribution in [-0.4, -0.2) is 29.1 Å². The summed E-state index contributed by atoms with van der Waals surface area (Å²) in [4.78, 5) is 38.1. The smallest absolute Gasteiger partial charge is 0.312 e. The van der Waals surface area contributed by atoms with E-state index in [4.69, 9.17) is 14.6 Å². The van der Waals surface area contributed by atoms with Crippen LogP contribution >= 0.6 is 0 Å². The average molecular weight is 663 g/mol. The van der Waals surface area contributed by atoms with E-state index in [2.05, 4.69) is 48.5 Å². The number of hydrogen-bond acceptors (Lipinski definition) is 5. The van der Waals surface area contributed by atoms with Gasteiger partial charge in [-0.2, -0.15) is 0 Å². The first-order chi connectivity index (χ1) is 22.6. The molecule has 0 saturated heterocycles. The van der Waals surface area contributed by atoms with Gasteiger partial charge in [-0.05, 0) is 128 Å². The van der Waals surface area contributed by atoms with Gasteiger partial charge in [0, 0.05) is 18.3 Å². The molecule has 5 aliphatic carbocycles. The summed E-state index contributed by atoms with van der Waals surface area (Å²) in [5.41, 5.74) is 1.04. The average Bonchev–Trinajstić information content (AvgIpc) is 3.43.